The molecule has 160 valence electrons. The van der Waals surface area contributed by atoms with Gasteiger partial charge in [-0.2, -0.15) is 0 Å². The maximum absolute atomic E-state index is 12.7. The summed E-state index contributed by atoms with van der Waals surface area (Å²) in [4.78, 5) is 12.7. The third-order valence-electron chi connectivity index (χ3n) is 6.46. The molecule has 1 heterocycles. The van der Waals surface area contributed by atoms with Gasteiger partial charge >= 0.3 is 0 Å². The fraction of sp³-hybridized carbons (Fsp3) is 0.480. The first kappa shape index (κ1) is 20.6. The highest BCUT2D eigenvalue weighted by atomic mass is 16.5. The Balaban J connectivity index is 1.58. The molecule has 2 aliphatic rings. The van der Waals surface area contributed by atoms with Gasteiger partial charge in [0.25, 0.3) is 0 Å². The van der Waals surface area contributed by atoms with E-state index in [9.17, 15) is 4.79 Å². The third-order valence-corrected chi connectivity index (χ3v) is 6.46. The molecule has 30 heavy (non-hydrogen) atoms. The number of ether oxygens (including phenoxy) is 3. The lowest BCUT2D eigenvalue weighted by Gasteiger charge is -2.21. The minimum atomic E-state index is -0.120. The lowest BCUT2D eigenvalue weighted by atomic mass is 9.84. The van der Waals surface area contributed by atoms with Crippen molar-refractivity contribution in [1.82, 2.24) is 5.32 Å². The van der Waals surface area contributed by atoms with Crippen LogP contribution in [0.1, 0.15) is 48.3 Å². The predicted octanol–water partition coefficient (Wildman–Crippen LogP) is 4.41. The van der Waals surface area contributed by atoms with Crippen molar-refractivity contribution in [3.63, 3.8) is 0 Å². The Labute approximate surface area is 178 Å². The van der Waals surface area contributed by atoms with Gasteiger partial charge in [0.05, 0.1) is 26.2 Å². The zero-order valence-electron chi connectivity index (χ0n) is 18.1. The zero-order valence-corrected chi connectivity index (χ0v) is 18.1. The van der Waals surface area contributed by atoms with Gasteiger partial charge in [-0.3, -0.25) is 4.79 Å². The molecule has 1 saturated heterocycles. The first-order chi connectivity index (χ1) is 14.6. The smallest absolute Gasteiger partial charge is 0.224 e. The SMILES string of the molecule is COc1cc(CC2C(=O)NCC2c2ccc(OC)c(OC3CCCC3)c2)ccc1C. The molecular formula is C25H31NO4. The van der Waals surface area contributed by atoms with Crippen molar-refractivity contribution in [3.8, 4) is 17.2 Å². The monoisotopic (exact) mass is 409 g/mol. The van der Waals surface area contributed by atoms with Gasteiger partial charge in [-0.05, 0) is 73.9 Å². The van der Waals surface area contributed by atoms with E-state index in [0.29, 0.717) is 13.0 Å². The number of carbonyl (C=O) groups excluding carboxylic acids is 1. The molecule has 0 radical (unpaired) electrons. The Morgan fingerprint density at radius 2 is 1.73 bits per heavy atom. The quantitative estimate of drug-likeness (QED) is 0.736. The molecule has 5 nitrogen and oxygen atoms in total. The fourth-order valence-corrected chi connectivity index (χ4v) is 4.70. The van der Waals surface area contributed by atoms with E-state index in [1.54, 1.807) is 14.2 Å². The summed E-state index contributed by atoms with van der Waals surface area (Å²) >= 11 is 0. The van der Waals surface area contributed by atoms with Gasteiger partial charge < -0.3 is 19.5 Å². The van der Waals surface area contributed by atoms with Crippen molar-refractivity contribution >= 4 is 5.91 Å². The number of amides is 1. The first-order valence-corrected chi connectivity index (χ1v) is 10.8. The van der Waals surface area contributed by atoms with Crippen LogP contribution in [-0.4, -0.2) is 32.8 Å². The molecule has 1 aliphatic heterocycles. The molecule has 2 unspecified atom stereocenters. The van der Waals surface area contributed by atoms with Crippen LogP contribution >= 0.6 is 0 Å². The minimum Gasteiger partial charge on any atom is -0.496 e. The molecule has 1 amide bonds. The van der Waals surface area contributed by atoms with Gasteiger partial charge in [-0.1, -0.05) is 18.2 Å². The van der Waals surface area contributed by atoms with Crippen molar-refractivity contribution < 1.29 is 19.0 Å². The number of benzene rings is 2. The second kappa shape index (κ2) is 8.99. The number of rotatable bonds is 7. The van der Waals surface area contributed by atoms with Gasteiger partial charge in [0.2, 0.25) is 5.91 Å². The standard InChI is InChI=1S/C25H31NO4/c1-16-8-9-17(13-23(16)29-3)12-20-21(15-26-25(20)27)18-10-11-22(28-2)24(14-18)30-19-6-4-5-7-19/h8-11,13-14,19-21H,4-7,12,15H2,1-3H3,(H,26,27). The van der Waals surface area contributed by atoms with E-state index in [4.69, 9.17) is 14.2 Å². The van der Waals surface area contributed by atoms with Gasteiger partial charge in [-0.15, -0.1) is 0 Å². The number of aryl methyl sites for hydroxylation is 1. The molecular weight excluding hydrogens is 378 g/mol. The van der Waals surface area contributed by atoms with Crippen LogP contribution in [0.4, 0.5) is 0 Å². The van der Waals surface area contributed by atoms with Crippen molar-refractivity contribution in [2.75, 3.05) is 20.8 Å². The molecule has 2 fully saturated rings. The van der Waals surface area contributed by atoms with Crippen LogP contribution in [0.15, 0.2) is 36.4 Å². The fourth-order valence-electron chi connectivity index (χ4n) is 4.70. The summed E-state index contributed by atoms with van der Waals surface area (Å²) in [6, 6.07) is 12.3. The van der Waals surface area contributed by atoms with Crippen LogP contribution in [0.5, 0.6) is 17.2 Å². The van der Waals surface area contributed by atoms with Crippen molar-refractivity contribution in [1.29, 1.82) is 0 Å². The van der Waals surface area contributed by atoms with Crippen LogP contribution in [0.3, 0.4) is 0 Å². The van der Waals surface area contributed by atoms with Gasteiger partial charge in [0.1, 0.15) is 5.75 Å². The number of nitrogens with one attached hydrogen (secondary N) is 1. The van der Waals surface area contributed by atoms with E-state index in [2.05, 4.69) is 29.6 Å². The number of hydrogen-bond donors (Lipinski definition) is 1. The minimum absolute atomic E-state index is 0.0987. The van der Waals surface area contributed by atoms with E-state index >= 15 is 0 Å². The molecule has 2 aromatic rings. The van der Waals surface area contributed by atoms with Gasteiger partial charge in [0, 0.05) is 12.5 Å². The Hall–Kier alpha value is -2.69. The number of methoxy groups -OCH3 is 2. The van der Waals surface area contributed by atoms with E-state index in [1.165, 1.54) is 12.8 Å². The zero-order chi connectivity index (χ0) is 21.1. The number of carbonyl (C=O) groups is 1. The normalized spacial score (nSPS) is 21.5. The average molecular weight is 410 g/mol. The highest BCUT2D eigenvalue weighted by molar-refractivity contribution is 5.82. The summed E-state index contributed by atoms with van der Waals surface area (Å²) in [6.07, 6.45) is 5.56. The highest BCUT2D eigenvalue weighted by Crippen LogP contribution is 2.38. The molecule has 0 aromatic heterocycles. The molecule has 4 rings (SSSR count). The molecule has 1 N–H and O–H groups in total. The van der Waals surface area contributed by atoms with Crippen LogP contribution in [0, 0.1) is 12.8 Å². The lowest BCUT2D eigenvalue weighted by molar-refractivity contribution is -0.122. The second-order valence-corrected chi connectivity index (χ2v) is 8.40. The number of hydrogen-bond acceptors (Lipinski definition) is 4. The Bertz CT molecular complexity index is 904. The lowest BCUT2D eigenvalue weighted by Crippen LogP contribution is -2.21. The van der Waals surface area contributed by atoms with Crippen LogP contribution in [0.25, 0.3) is 0 Å². The van der Waals surface area contributed by atoms with Crippen molar-refractivity contribution in [2.24, 2.45) is 5.92 Å². The van der Waals surface area contributed by atoms with Crippen LogP contribution in [-0.2, 0) is 11.2 Å². The van der Waals surface area contributed by atoms with Crippen LogP contribution in [0.2, 0.25) is 0 Å². The van der Waals surface area contributed by atoms with Crippen LogP contribution < -0.4 is 19.5 Å². The summed E-state index contributed by atoms with van der Waals surface area (Å²) in [5.41, 5.74) is 3.32. The maximum atomic E-state index is 12.7. The first-order valence-electron chi connectivity index (χ1n) is 10.8. The predicted molar refractivity (Wildman–Crippen MR) is 117 cm³/mol. The van der Waals surface area contributed by atoms with Gasteiger partial charge in [0.15, 0.2) is 11.5 Å². The average Bonchev–Trinajstić information content (AvgIpc) is 3.39. The summed E-state index contributed by atoms with van der Waals surface area (Å²) in [5, 5.41) is 3.06. The molecule has 0 spiro atoms. The second-order valence-electron chi connectivity index (χ2n) is 8.40. The Morgan fingerprint density at radius 1 is 0.967 bits per heavy atom. The highest BCUT2D eigenvalue weighted by Gasteiger charge is 2.36. The summed E-state index contributed by atoms with van der Waals surface area (Å²) in [5.74, 6) is 2.49. The van der Waals surface area contributed by atoms with E-state index in [1.807, 2.05) is 19.1 Å². The molecule has 1 saturated carbocycles. The van der Waals surface area contributed by atoms with E-state index < -0.39 is 0 Å². The molecule has 5 heteroatoms. The maximum Gasteiger partial charge on any atom is 0.224 e. The van der Waals surface area contributed by atoms with Gasteiger partial charge in [-0.25, -0.2) is 0 Å². The largest absolute Gasteiger partial charge is 0.496 e. The Morgan fingerprint density at radius 3 is 2.47 bits per heavy atom. The molecule has 2 aromatic carbocycles. The van der Waals surface area contributed by atoms with E-state index in [0.717, 1.165) is 46.8 Å². The molecule has 0 bridgehead atoms. The third kappa shape index (κ3) is 4.25. The Kier molecular flexibility index (Phi) is 6.16. The van der Waals surface area contributed by atoms with E-state index in [-0.39, 0.29) is 23.8 Å². The summed E-state index contributed by atoms with van der Waals surface area (Å²) < 4.78 is 17.3. The molecule has 1 aliphatic carbocycles. The van der Waals surface area contributed by atoms with Crippen molar-refractivity contribution in [3.05, 3.63) is 53.1 Å². The summed E-state index contributed by atoms with van der Waals surface area (Å²) in [6.45, 7) is 2.67. The molecule has 2 atom stereocenters. The van der Waals surface area contributed by atoms with Crippen molar-refractivity contribution in [2.45, 2.75) is 51.0 Å². The summed E-state index contributed by atoms with van der Waals surface area (Å²) in [7, 11) is 3.35. The topological polar surface area (TPSA) is 56.8 Å².